The first kappa shape index (κ1) is 24.0. The van der Waals surface area contributed by atoms with Crippen LogP contribution in [0.1, 0.15) is 86.5 Å². The molecule has 0 bridgehead atoms. The molecule has 0 N–H and O–H groups in total. The van der Waals surface area contributed by atoms with Crippen molar-refractivity contribution in [3.63, 3.8) is 0 Å². The van der Waals surface area contributed by atoms with Gasteiger partial charge in [-0.05, 0) is 0 Å². The minimum absolute atomic E-state index is 0.0255. The Balaban J connectivity index is 5.56. The van der Waals surface area contributed by atoms with Crippen LogP contribution in [0.2, 0.25) is 17.7 Å². The quantitative estimate of drug-likeness (QED) is 0.162. The molecular formula is C21H42O2Sn. The van der Waals surface area contributed by atoms with Crippen LogP contribution in [0, 0.1) is 0 Å². The summed E-state index contributed by atoms with van der Waals surface area (Å²) in [7, 11) is 0. The summed E-state index contributed by atoms with van der Waals surface area (Å²) in [5.74, 6) is -0.0255. The number of hydrogen-bond donors (Lipinski definition) is 0. The van der Waals surface area contributed by atoms with Crippen LogP contribution in [-0.4, -0.2) is 31.0 Å². The zero-order chi connectivity index (χ0) is 18.4. The molecule has 0 aromatic carbocycles. The van der Waals surface area contributed by atoms with Crippen LogP contribution in [0.4, 0.5) is 0 Å². The number of allylic oxidation sites excluding steroid dienone is 1. The van der Waals surface area contributed by atoms with Gasteiger partial charge in [0.15, 0.2) is 0 Å². The summed E-state index contributed by atoms with van der Waals surface area (Å²) in [4.78, 5) is 12.6. The molecule has 0 atom stereocenters. The molecule has 0 spiro atoms. The first-order chi connectivity index (χ1) is 11.5. The van der Waals surface area contributed by atoms with E-state index in [0.29, 0.717) is 6.61 Å². The van der Waals surface area contributed by atoms with Crippen molar-refractivity contribution in [3.05, 3.63) is 11.1 Å². The molecule has 0 rings (SSSR count). The molecule has 0 fully saturated rings. The second-order valence-corrected chi connectivity index (χ2v) is 21.2. The van der Waals surface area contributed by atoms with Crippen LogP contribution in [0.25, 0.3) is 0 Å². The third-order valence-corrected chi connectivity index (χ3v) is 20.6. The molecule has 0 heterocycles. The Morgan fingerprint density at radius 1 is 0.833 bits per heavy atom. The van der Waals surface area contributed by atoms with Crippen molar-refractivity contribution < 1.29 is 9.53 Å². The second kappa shape index (κ2) is 14.2. The Morgan fingerprint density at radius 3 is 1.62 bits per heavy atom. The Kier molecular flexibility index (Phi) is 14.2. The zero-order valence-electron chi connectivity index (χ0n) is 17.3. The summed E-state index contributed by atoms with van der Waals surface area (Å²) >= 11 is -2.34. The topological polar surface area (TPSA) is 26.3 Å². The van der Waals surface area contributed by atoms with Gasteiger partial charge < -0.3 is 0 Å². The molecule has 0 aliphatic carbocycles. The average molecular weight is 445 g/mol. The van der Waals surface area contributed by atoms with Gasteiger partial charge in [0.05, 0.1) is 0 Å². The van der Waals surface area contributed by atoms with E-state index in [1.165, 1.54) is 57.4 Å². The van der Waals surface area contributed by atoms with Gasteiger partial charge in [-0.3, -0.25) is 0 Å². The van der Waals surface area contributed by atoms with Crippen LogP contribution >= 0.6 is 0 Å². The fraction of sp³-hybridized carbons (Fsp3) is 0.857. The number of hydrogen-bond acceptors (Lipinski definition) is 2. The third kappa shape index (κ3) is 8.92. The normalized spacial score (nSPS) is 12.9. The zero-order valence-corrected chi connectivity index (χ0v) is 20.2. The van der Waals surface area contributed by atoms with Gasteiger partial charge >= 0.3 is 156 Å². The molecule has 24 heavy (non-hydrogen) atoms. The van der Waals surface area contributed by atoms with Gasteiger partial charge in [-0.15, -0.1) is 0 Å². The van der Waals surface area contributed by atoms with E-state index < -0.39 is 18.4 Å². The van der Waals surface area contributed by atoms with E-state index in [1.807, 2.05) is 6.92 Å². The molecule has 0 aliphatic rings. The summed E-state index contributed by atoms with van der Waals surface area (Å²) < 4.78 is 10.9. The summed E-state index contributed by atoms with van der Waals surface area (Å²) in [6.45, 7) is 13.6. The van der Waals surface area contributed by atoms with Crippen LogP contribution in [0.15, 0.2) is 11.1 Å². The molecule has 3 heteroatoms. The van der Waals surface area contributed by atoms with Gasteiger partial charge in [0.1, 0.15) is 0 Å². The Labute approximate surface area is 155 Å². The van der Waals surface area contributed by atoms with Gasteiger partial charge in [0.2, 0.25) is 0 Å². The predicted octanol–water partition coefficient (Wildman–Crippen LogP) is 7.13. The van der Waals surface area contributed by atoms with Crippen molar-refractivity contribution in [2.45, 2.75) is 104 Å². The fourth-order valence-electron chi connectivity index (χ4n) is 3.50. The van der Waals surface area contributed by atoms with Crippen LogP contribution in [-0.2, 0) is 9.53 Å². The van der Waals surface area contributed by atoms with Gasteiger partial charge in [-0.2, -0.15) is 0 Å². The number of esters is 1. The summed E-state index contributed by atoms with van der Waals surface area (Å²) in [6, 6.07) is 0. The monoisotopic (exact) mass is 446 g/mol. The summed E-state index contributed by atoms with van der Waals surface area (Å²) in [5, 5.41) is 0. The number of unbranched alkanes of at least 4 members (excludes halogenated alkanes) is 3. The minimum atomic E-state index is -2.34. The van der Waals surface area contributed by atoms with Crippen molar-refractivity contribution >= 4 is 24.3 Å². The molecular weight excluding hydrogens is 403 g/mol. The van der Waals surface area contributed by atoms with Crippen LogP contribution in [0.3, 0.4) is 0 Å². The average Bonchev–Trinajstić information content (AvgIpc) is 2.60. The van der Waals surface area contributed by atoms with E-state index in [1.54, 1.807) is 0 Å². The Hall–Kier alpha value is 0.00870. The predicted molar refractivity (Wildman–Crippen MR) is 109 cm³/mol. The maximum absolute atomic E-state index is 12.6. The second-order valence-electron chi connectivity index (χ2n) is 7.32. The van der Waals surface area contributed by atoms with Crippen LogP contribution in [0.5, 0.6) is 0 Å². The van der Waals surface area contributed by atoms with Crippen molar-refractivity contribution in [2.24, 2.45) is 0 Å². The third-order valence-electron chi connectivity index (χ3n) is 5.30. The van der Waals surface area contributed by atoms with E-state index >= 15 is 0 Å². The van der Waals surface area contributed by atoms with Gasteiger partial charge in [-0.1, -0.05) is 0 Å². The molecule has 0 aromatic rings. The van der Waals surface area contributed by atoms with E-state index in [-0.39, 0.29) is 5.97 Å². The number of carbonyl (C=O) groups excluding carboxylic acids is 1. The molecule has 0 unspecified atom stereocenters. The maximum atomic E-state index is 12.6. The Morgan fingerprint density at radius 2 is 1.29 bits per heavy atom. The summed E-state index contributed by atoms with van der Waals surface area (Å²) in [5.41, 5.74) is 2.32. The van der Waals surface area contributed by atoms with E-state index in [2.05, 4.69) is 34.6 Å². The van der Waals surface area contributed by atoms with Gasteiger partial charge in [0, 0.05) is 0 Å². The number of rotatable bonds is 14. The molecule has 0 amide bonds. The fourth-order valence-corrected chi connectivity index (χ4v) is 20.0. The molecule has 0 saturated carbocycles. The van der Waals surface area contributed by atoms with Crippen molar-refractivity contribution in [3.8, 4) is 0 Å². The number of carbonyl (C=O) groups is 1. The molecule has 0 aromatic heterocycles. The molecule has 0 saturated heterocycles. The van der Waals surface area contributed by atoms with E-state index in [4.69, 9.17) is 4.74 Å². The van der Waals surface area contributed by atoms with E-state index in [0.717, 1.165) is 16.4 Å². The molecule has 2 nitrogen and oxygen atoms in total. The SMILES string of the molecule is CCC[CH2][Sn]([CH2]CCC)([CH2]CCC)[CH2]/C(C(=O)OCC)=C(/C)CC. The Bertz CT molecular complexity index is 352. The van der Waals surface area contributed by atoms with Gasteiger partial charge in [0.25, 0.3) is 0 Å². The first-order valence-corrected chi connectivity index (χ1v) is 18.4. The van der Waals surface area contributed by atoms with Crippen molar-refractivity contribution in [1.82, 2.24) is 0 Å². The standard InChI is InChI=1S/C9H15O2.3C4H9.Sn/c1-5-7(3)8(4)9(10)11-6-2;3*1-3-4-2;/h4-6H2,1-3H3;3*1,3-4H2,2H3;/b8-7+;;;;. The van der Waals surface area contributed by atoms with Crippen LogP contribution < -0.4 is 0 Å². The molecule has 0 aliphatic heterocycles. The van der Waals surface area contributed by atoms with E-state index in [9.17, 15) is 4.79 Å². The van der Waals surface area contributed by atoms with Crippen molar-refractivity contribution in [2.75, 3.05) is 6.61 Å². The molecule has 0 radical (unpaired) electrons. The van der Waals surface area contributed by atoms with Crippen molar-refractivity contribution in [1.29, 1.82) is 0 Å². The summed E-state index contributed by atoms with van der Waals surface area (Å²) in [6.07, 6.45) is 8.86. The first-order valence-electron chi connectivity index (χ1n) is 10.4. The number of ether oxygens (including phenoxy) is 1. The van der Waals surface area contributed by atoms with Gasteiger partial charge in [-0.25, -0.2) is 0 Å². The molecule has 142 valence electrons.